The van der Waals surface area contributed by atoms with E-state index in [1.165, 1.54) is 16.0 Å². The first-order chi connectivity index (χ1) is 12.4. The number of amides is 2. The number of carbonyl (C=O) groups excluding carboxylic acids is 2. The van der Waals surface area contributed by atoms with Crippen molar-refractivity contribution in [2.75, 3.05) is 24.7 Å². The lowest BCUT2D eigenvalue weighted by atomic mass is 10.0. The number of carbonyl (C=O) groups is 2. The van der Waals surface area contributed by atoms with Crippen molar-refractivity contribution in [1.82, 2.24) is 9.80 Å². The number of rotatable bonds is 3. The number of fused-ring (bicyclic) bond motifs is 1. The first-order valence-electron chi connectivity index (χ1n) is 9.28. The summed E-state index contributed by atoms with van der Waals surface area (Å²) in [6.45, 7) is 1.32. The van der Waals surface area contributed by atoms with Gasteiger partial charge in [-0.2, -0.15) is 0 Å². The zero-order valence-corrected chi connectivity index (χ0v) is 15.6. The van der Waals surface area contributed by atoms with Gasteiger partial charge in [0.2, 0.25) is 11.8 Å². The first-order valence-corrected chi connectivity index (χ1v) is 11.1. The molecular formula is C19H24N2O4S. The van der Waals surface area contributed by atoms with Crippen molar-refractivity contribution >= 4 is 21.7 Å². The molecule has 0 bridgehead atoms. The molecule has 2 aliphatic heterocycles. The zero-order chi connectivity index (χ0) is 18.3. The number of likely N-dealkylation sites (tertiary alicyclic amines) is 1. The van der Waals surface area contributed by atoms with E-state index in [0.29, 0.717) is 19.5 Å². The van der Waals surface area contributed by atoms with Crippen LogP contribution in [0.3, 0.4) is 0 Å². The summed E-state index contributed by atoms with van der Waals surface area (Å²) in [7, 11) is -3.39. The molecule has 140 valence electrons. The predicted molar refractivity (Wildman–Crippen MR) is 97.1 cm³/mol. The van der Waals surface area contributed by atoms with E-state index in [1.54, 1.807) is 4.90 Å². The van der Waals surface area contributed by atoms with Crippen LogP contribution in [-0.4, -0.2) is 60.8 Å². The Balaban J connectivity index is 1.46. The van der Waals surface area contributed by atoms with Crippen molar-refractivity contribution in [2.45, 2.75) is 38.1 Å². The minimum atomic E-state index is -3.39. The summed E-state index contributed by atoms with van der Waals surface area (Å²) in [6, 6.07) is 7.33. The molecule has 0 spiro atoms. The van der Waals surface area contributed by atoms with Gasteiger partial charge in [-0.25, -0.2) is 8.42 Å². The zero-order valence-electron chi connectivity index (χ0n) is 14.8. The maximum Gasteiger partial charge on any atom is 0.246 e. The van der Waals surface area contributed by atoms with Gasteiger partial charge in [0.15, 0.2) is 9.84 Å². The normalized spacial score (nSPS) is 24.8. The largest absolute Gasteiger partial charge is 0.341 e. The molecule has 0 unspecified atom stereocenters. The second-order valence-electron chi connectivity index (χ2n) is 7.70. The third-order valence-electron chi connectivity index (χ3n) is 5.75. The monoisotopic (exact) mass is 376 g/mol. The number of nitrogens with zero attached hydrogens (tertiary/aromatic N) is 2. The molecule has 2 fully saturated rings. The van der Waals surface area contributed by atoms with Crippen molar-refractivity contribution in [2.24, 2.45) is 5.92 Å². The average molecular weight is 376 g/mol. The molecule has 26 heavy (non-hydrogen) atoms. The average Bonchev–Trinajstić information content (AvgIpc) is 3.31. The van der Waals surface area contributed by atoms with E-state index in [0.717, 1.165) is 25.7 Å². The molecule has 1 aromatic carbocycles. The maximum atomic E-state index is 12.9. The van der Waals surface area contributed by atoms with Gasteiger partial charge in [0.1, 0.15) is 11.9 Å². The molecule has 0 saturated carbocycles. The fourth-order valence-corrected chi connectivity index (χ4v) is 6.10. The van der Waals surface area contributed by atoms with Crippen LogP contribution in [0.2, 0.25) is 0 Å². The summed E-state index contributed by atoms with van der Waals surface area (Å²) < 4.78 is 24.3. The van der Waals surface area contributed by atoms with Gasteiger partial charge in [-0.15, -0.1) is 0 Å². The lowest BCUT2D eigenvalue weighted by Crippen LogP contribution is -2.48. The van der Waals surface area contributed by atoms with E-state index in [1.807, 2.05) is 12.1 Å². The molecule has 3 aliphatic rings. The van der Waals surface area contributed by atoms with E-state index >= 15 is 0 Å². The van der Waals surface area contributed by atoms with Gasteiger partial charge in [0.25, 0.3) is 0 Å². The van der Waals surface area contributed by atoms with Crippen LogP contribution in [0.5, 0.6) is 0 Å². The van der Waals surface area contributed by atoms with E-state index in [9.17, 15) is 18.0 Å². The minimum Gasteiger partial charge on any atom is -0.341 e. The topological polar surface area (TPSA) is 74.8 Å². The highest BCUT2D eigenvalue weighted by Crippen LogP contribution is 2.30. The Morgan fingerprint density at radius 2 is 1.65 bits per heavy atom. The molecule has 2 heterocycles. The second kappa shape index (κ2) is 6.68. The molecule has 0 aromatic heterocycles. The number of sulfone groups is 1. The van der Waals surface area contributed by atoms with Gasteiger partial charge in [-0.05, 0) is 42.7 Å². The quantitative estimate of drug-likeness (QED) is 0.789. The summed E-state index contributed by atoms with van der Waals surface area (Å²) in [5.74, 6) is -0.784. The van der Waals surface area contributed by atoms with Crippen molar-refractivity contribution < 1.29 is 18.0 Å². The molecule has 4 rings (SSSR count). The highest BCUT2D eigenvalue weighted by molar-refractivity contribution is 7.91. The Hall–Kier alpha value is -1.89. The van der Waals surface area contributed by atoms with Crippen molar-refractivity contribution in [1.29, 1.82) is 0 Å². The molecule has 7 heteroatoms. The molecule has 6 nitrogen and oxygen atoms in total. The van der Waals surface area contributed by atoms with Crippen molar-refractivity contribution in [3.05, 3.63) is 35.4 Å². The van der Waals surface area contributed by atoms with Crippen LogP contribution >= 0.6 is 0 Å². The summed E-state index contributed by atoms with van der Waals surface area (Å²) >= 11 is 0. The Labute approximate surface area is 154 Å². The molecule has 0 N–H and O–H groups in total. The Bertz CT molecular complexity index is 805. The second-order valence-corrected chi connectivity index (χ2v) is 9.78. The van der Waals surface area contributed by atoms with Gasteiger partial charge in [0.05, 0.1) is 5.75 Å². The van der Waals surface area contributed by atoms with E-state index in [4.69, 9.17) is 0 Å². The molecular weight excluding hydrogens is 352 g/mol. The third-order valence-corrected chi connectivity index (χ3v) is 7.24. The molecule has 2 saturated heterocycles. The number of benzene rings is 1. The van der Waals surface area contributed by atoms with E-state index in [-0.39, 0.29) is 29.4 Å². The van der Waals surface area contributed by atoms with Crippen LogP contribution in [-0.2, 0) is 32.3 Å². The first kappa shape index (κ1) is 17.5. The lowest BCUT2D eigenvalue weighted by molar-refractivity contribution is -0.143. The summed E-state index contributed by atoms with van der Waals surface area (Å²) in [4.78, 5) is 28.6. The van der Waals surface area contributed by atoms with Crippen LogP contribution in [0.4, 0.5) is 0 Å². The summed E-state index contributed by atoms with van der Waals surface area (Å²) in [5, 5.41) is 0. The molecule has 2 amide bonds. The lowest BCUT2D eigenvalue weighted by Gasteiger charge is -2.27. The number of hydrogen-bond donors (Lipinski definition) is 0. The fraction of sp³-hybridized carbons (Fsp3) is 0.579. The maximum absolute atomic E-state index is 12.9. The molecule has 0 radical (unpaired) electrons. The molecule has 1 aliphatic carbocycles. The number of hydrogen-bond acceptors (Lipinski definition) is 4. The Kier molecular flexibility index (Phi) is 4.50. The van der Waals surface area contributed by atoms with Gasteiger partial charge in [0, 0.05) is 19.5 Å². The SMILES string of the molecule is O=C([C@@H]1CS(=O)(=O)CN1C(=O)CC1Cc2ccccc2C1)N1CCCC1. The smallest absolute Gasteiger partial charge is 0.246 e. The molecule has 1 atom stereocenters. The highest BCUT2D eigenvalue weighted by Gasteiger charge is 2.44. The Morgan fingerprint density at radius 3 is 2.27 bits per heavy atom. The van der Waals surface area contributed by atoms with Crippen LogP contribution in [0.25, 0.3) is 0 Å². The summed E-state index contributed by atoms with van der Waals surface area (Å²) in [5.41, 5.74) is 2.54. The summed E-state index contributed by atoms with van der Waals surface area (Å²) in [6.07, 6.45) is 3.87. The van der Waals surface area contributed by atoms with Crippen molar-refractivity contribution in [3.8, 4) is 0 Å². The van der Waals surface area contributed by atoms with Crippen LogP contribution < -0.4 is 0 Å². The van der Waals surface area contributed by atoms with Gasteiger partial charge >= 0.3 is 0 Å². The Morgan fingerprint density at radius 1 is 1.04 bits per heavy atom. The van der Waals surface area contributed by atoms with Crippen LogP contribution in [0.15, 0.2) is 24.3 Å². The van der Waals surface area contributed by atoms with Gasteiger partial charge < -0.3 is 9.80 Å². The van der Waals surface area contributed by atoms with E-state index < -0.39 is 15.9 Å². The standard InChI is InChI=1S/C19H24N2O4S/c22-18(11-14-9-15-5-1-2-6-16(15)10-14)21-13-26(24,25)12-17(21)19(23)20-7-3-4-8-20/h1-2,5-6,14,17H,3-4,7-13H2/t17-/m0/s1. The minimum absolute atomic E-state index is 0.186. The van der Waals surface area contributed by atoms with Crippen molar-refractivity contribution in [3.63, 3.8) is 0 Å². The highest BCUT2D eigenvalue weighted by atomic mass is 32.2. The van der Waals surface area contributed by atoms with Gasteiger partial charge in [-0.1, -0.05) is 24.3 Å². The predicted octanol–water partition coefficient (Wildman–Crippen LogP) is 0.997. The van der Waals surface area contributed by atoms with Crippen LogP contribution in [0, 0.1) is 5.92 Å². The van der Waals surface area contributed by atoms with E-state index in [2.05, 4.69) is 12.1 Å². The van der Waals surface area contributed by atoms with Crippen LogP contribution in [0.1, 0.15) is 30.4 Å². The fourth-order valence-electron chi connectivity index (χ4n) is 4.44. The molecule has 1 aromatic rings. The van der Waals surface area contributed by atoms with Gasteiger partial charge in [-0.3, -0.25) is 9.59 Å². The third kappa shape index (κ3) is 3.37.